The average molecular weight is 374 g/mol. The van der Waals surface area contributed by atoms with Crippen LogP contribution in [0.2, 0.25) is 0 Å². The van der Waals surface area contributed by atoms with E-state index in [1.165, 1.54) is 0 Å². The smallest absolute Gasteiger partial charge is 0.230 e. The van der Waals surface area contributed by atoms with Crippen LogP contribution in [-0.4, -0.2) is 83.5 Å². The lowest BCUT2D eigenvalue weighted by molar-refractivity contribution is -0.142. The van der Waals surface area contributed by atoms with E-state index in [0.717, 1.165) is 12.0 Å². The molecule has 3 aliphatic rings. The maximum atomic E-state index is 13.2. The number of carbonyl (C=O) groups excluding carboxylic acids is 2. The van der Waals surface area contributed by atoms with Gasteiger partial charge in [0.2, 0.25) is 11.8 Å². The minimum absolute atomic E-state index is 0.00194. The number of amides is 2. The summed E-state index contributed by atoms with van der Waals surface area (Å²) < 4.78 is 13.0. The monoisotopic (exact) mass is 374 g/mol. The molecule has 8 heteroatoms. The van der Waals surface area contributed by atoms with Crippen molar-refractivity contribution in [3.05, 3.63) is 30.1 Å². The van der Waals surface area contributed by atoms with Gasteiger partial charge in [-0.15, -0.1) is 0 Å². The molecule has 2 bridgehead atoms. The first-order valence-corrected chi connectivity index (χ1v) is 9.32. The Balaban J connectivity index is 1.46. The molecule has 0 unspecified atom stereocenters. The highest BCUT2D eigenvalue weighted by Gasteiger charge is 2.66. The van der Waals surface area contributed by atoms with E-state index in [4.69, 9.17) is 9.47 Å². The lowest BCUT2D eigenvalue weighted by Crippen LogP contribution is -2.45. The molecule has 8 nitrogen and oxygen atoms in total. The third-order valence-electron chi connectivity index (χ3n) is 5.90. The number of nitrogens with zero attached hydrogens (tertiary/aromatic N) is 4. The molecule has 27 heavy (non-hydrogen) atoms. The van der Waals surface area contributed by atoms with Gasteiger partial charge in [-0.1, -0.05) is 12.2 Å². The zero-order chi connectivity index (χ0) is 19.2. The molecule has 4 rings (SSSR count). The quantitative estimate of drug-likeness (QED) is 0.621. The largest absolute Gasteiger partial charge is 0.383 e. The van der Waals surface area contributed by atoms with Gasteiger partial charge >= 0.3 is 0 Å². The Morgan fingerprint density at radius 2 is 2.33 bits per heavy atom. The van der Waals surface area contributed by atoms with Gasteiger partial charge in [0, 0.05) is 40.5 Å². The van der Waals surface area contributed by atoms with Crippen LogP contribution in [0.5, 0.6) is 0 Å². The Labute approximate surface area is 158 Å². The summed E-state index contributed by atoms with van der Waals surface area (Å²) in [7, 11) is 5.28. The van der Waals surface area contributed by atoms with Gasteiger partial charge in [-0.25, -0.2) is 0 Å². The highest BCUT2D eigenvalue weighted by molar-refractivity contribution is 5.93. The van der Waals surface area contributed by atoms with Crippen molar-refractivity contribution >= 4 is 11.8 Å². The zero-order valence-corrected chi connectivity index (χ0v) is 16.0. The van der Waals surface area contributed by atoms with E-state index in [-0.39, 0.29) is 17.9 Å². The molecule has 4 atom stereocenters. The molecule has 0 aromatic carbocycles. The summed E-state index contributed by atoms with van der Waals surface area (Å²) in [5, 5.41) is 4.16. The fourth-order valence-corrected chi connectivity index (χ4v) is 4.51. The van der Waals surface area contributed by atoms with Gasteiger partial charge in [-0.2, -0.15) is 5.10 Å². The molecule has 1 aromatic heterocycles. The molecule has 0 saturated carbocycles. The van der Waals surface area contributed by atoms with Gasteiger partial charge in [0.1, 0.15) is 5.60 Å². The van der Waals surface area contributed by atoms with Crippen LogP contribution in [0, 0.1) is 11.8 Å². The Bertz CT molecular complexity index is 776. The van der Waals surface area contributed by atoms with Crippen molar-refractivity contribution in [3.63, 3.8) is 0 Å². The summed E-state index contributed by atoms with van der Waals surface area (Å²) in [4.78, 5) is 29.6. The van der Waals surface area contributed by atoms with Crippen LogP contribution in [0.25, 0.3) is 0 Å². The topological polar surface area (TPSA) is 76.9 Å². The lowest BCUT2D eigenvalue weighted by Gasteiger charge is -2.27. The van der Waals surface area contributed by atoms with Crippen molar-refractivity contribution in [3.8, 4) is 0 Å². The number of likely N-dealkylation sites (tertiary alicyclic amines) is 1. The number of aryl methyl sites for hydroxylation is 1. The molecule has 146 valence electrons. The number of aromatic nitrogens is 2. The van der Waals surface area contributed by atoms with Crippen LogP contribution in [0.1, 0.15) is 5.56 Å². The van der Waals surface area contributed by atoms with Crippen molar-refractivity contribution in [1.29, 1.82) is 0 Å². The van der Waals surface area contributed by atoms with Crippen molar-refractivity contribution in [2.75, 3.05) is 40.4 Å². The Hall–Kier alpha value is -2.19. The Morgan fingerprint density at radius 1 is 1.52 bits per heavy atom. The standard InChI is InChI=1S/C19H26N4O4/c1-21(7-5-13-10-20-22(2)11-13)17(24)15-14-4-6-19(27-14)12-23(8-9-26-3)18(25)16(15)19/h4,6,10-11,14-16H,5,7-9,12H2,1-3H3/t14-,15-,16+,19-/m0/s1. The first-order chi connectivity index (χ1) is 12.9. The molecule has 2 amide bonds. The fraction of sp³-hybridized carbons (Fsp3) is 0.632. The number of methoxy groups -OCH3 is 1. The third kappa shape index (κ3) is 2.96. The molecule has 3 aliphatic heterocycles. The fourth-order valence-electron chi connectivity index (χ4n) is 4.51. The van der Waals surface area contributed by atoms with Crippen LogP contribution in [-0.2, 0) is 32.5 Å². The van der Waals surface area contributed by atoms with E-state index < -0.39 is 17.4 Å². The summed E-state index contributed by atoms with van der Waals surface area (Å²) in [6, 6.07) is 0. The van der Waals surface area contributed by atoms with Crippen LogP contribution < -0.4 is 0 Å². The number of rotatable bonds is 7. The van der Waals surface area contributed by atoms with Gasteiger partial charge in [-0.05, 0) is 12.0 Å². The van der Waals surface area contributed by atoms with Crippen LogP contribution in [0.3, 0.4) is 0 Å². The van der Waals surface area contributed by atoms with E-state index in [0.29, 0.717) is 26.2 Å². The predicted octanol–water partition coefficient (Wildman–Crippen LogP) is -0.151. The number of hydrogen-bond donors (Lipinski definition) is 0. The molecular weight excluding hydrogens is 348 g/mol. The molecule has 0 N–H and O–H groups in total. The van der Waals surface area contributed by atoms with Gasteiger partial charge in [0.25, 0.3) is 0 Å². The second-order valence-electron chi connectivity index (χ2n) is 7.68. The van der Waals surface area contributed by atoms with Crippen LogP contribution >= 0.6 is 0 Å². The minimum atomic E-state index is -0.653. The number of ether oxygens (including phenoxy) is 2. The van der Waals surface area contributed by atoms with E-state index in [9.17, 15) is 9.59 Å². The summed E-state index contributed by atoms with van der Waals surface area (Å²) in [6.45, 7) is 2.08. The van der Waals surface area contributed by atoms with E-state index in [1.807, 2.05) is 31.6 Å². The molecule has 1 spiro atoms. The van der Waals surface area contributed by atoms with E-state index in [1.54, 1.807) is 28.6 Å². The Kier molecular flexibility index (Phi) is 4.55. The summed E-state index contributed by atoms with van der Waals surface area (Å²) >= 11 is 0. The maximum Gasteiger partial charge on any atom is 0.230 e. The van der Waals surface area contributed by atoms with Crippen molar-refractivity contribution < 1.29 is 19.1 Å². The van der Waals surface area contributed by atoms with E-state index in [2.05, 4.69) is 5.10 Å². The summed E-state index contributed by atoms with van der Waals surface area (Å²) in [6.07, 6.45) is 8.11. The first kappa shape index (κ1) is 18.2. The number of fused-ring (bicyclic) bond motifs is 1. The number of likely N-dealkylation sites (N-methyl/N-ethyl adjacent to an activating group) is 1. The molecule has 4 heterocycles. The van der Waals surface area contributed by atoms with Crippen molar-refractivity contribution in [1.82, 2.24) is 19.6 Å². The van der Waals surface area contributed by atoms with Crippen LogP contribution in [0.4, 0.5) is 0 Å². The van der Waals surface area contributed by atoms with Gasteiger partial charge in [0.05, 0.1) is 37.3 Å². The highest BCUT2D eigenvalue weighted by Crippen LogP contribution is 2.52. The second kappa shape index (κ2) is 6.76. The average Bonchev–Trinajstić information content (AvgIpc) is 3.39. The highest BCUT2D eigenvalue weighted by atomic mass is 16.5. The SMILES string of the molecule is COCCN1C[C@]23C=C[C@H](O2)[C@H](C(=O)N(C)CCc2cnn(C)c2)[C@@H]3C1=O. The van der Waals surface area contributed by atoms with Crippen molar-refractivity contribution in [2.45, 2.75) is 18.1 Å². The normalized spacial score (nSPS) is 31.0. The number of hydrogen-bond acceptors (Lipinski definition) is 5. The zero-order valence-electron chi connectivity index (χ0n) is 16.0. The molecule has 0 aliphatic carbocycles. The Morgan fingerprint density at radius 3 is 3.04 bits per heavy atom. The second-order valence-corrected chi connectivity index (χ2v) is 7.68. The maximum absolute atomic E-state index is 13.2. The van der Waals surface area contributed by atoms with Crippen molar-refractivity contribution in [2.24, 2.45) is 18.9 Å². The lowest BCUT2D eigenvalue weighted by atomic mass is 9.76. The molecule has 1 aromatic rings. The van der Waals surface area contributed by atoms with Crippen LogP contribution in [0.15, 0.2) is 24.5 Å². The molecule has 0 radical (unpaired) electrons. The van der Waals surface area contributed by atoms with E-state index >= 15 is 0 Å². The molecule has 2 saturated heterocycles. The van der Waals surface area contributed by atoms with Gasteiger partial charge in [0.15, 0.2) is 0 Å². The predicted molar refractivity (Wildman–Crippen MR) is 96.7 cm³/mol. The minimum Gasteiger partial charge on any atom is -0.383 e. The van der Waals surface area contributed by atoms with Gasteiger partial charge in [-0.3, -0.25) is 14.3 Å². The number of carbonyl (C=O) groups is 2. The molecular formula is C19H26N4O4. The third-order valence-corrected chi connectivity index (χ3v) is 5.90. The van der Waals surface area contributed by atoms with Gasteiger partial charge < -0.3 is 19.3 Å². The molecule has 2 fully saturated rings. The summed E-state index contributed by atoms with van der Waals surface area (Å²) in [5.41, 5.74) is 0.431. The first-order valence-electron chi connectivity index (χ1n) is 9.32. The summed E-state index contributed by atoms with van der Waals surface area (Å²) in [5.74, 6) is -0.911.